The van der Waals surface area contributed by atoms with Gasteiger partial charge in [0, 0.05) is 17.0 Å². The fourth-order valence-corrected chi connectivity index (χ4v) is 4.06. The molecule has 0 aromatic carbocycles. The van der Waals surface area contributed by atoms with Crippen LogP contribution in [0.25, 0.3) is 0 Å². The molecule has 0 heterocycles. The van der Waals surface area contributed by atoms with Crippen LogP contribution in [-0.4, -0.2) is 63.3 Å². The van der Waals surface area contributed by atoms with E-state index in [1.165, 1.54) is 0 Å². The van der Waals surface area contributed by atoms with Crippen LogP contribution in [0.5, 0.6) is 0 Å². The van der Waals surface area contributed by atoms with Gasteiger partial charge in [-0.25, -0.2) is 0 Å². The first-order chi connectivity index (χ1) is 16.7. The maximum absolute atomic E-state index is 14.0. The van der Waals surface area contributed by atoms with E-state index in [1.54, 1.807) is 0 Å². The fourth-order valence-electron chi connectivity index (χ4n) is 3.07. The number of alkyl halides is 18. The highest BCUT2D eigenvalue weighted by atomic mass is 127. The van der Waals surface area contributed by atoms with Crippen molar-refractivity contribution in [1.82, 2.24) is 0 Å². The molecule has 0 rings (SSSR count). The monoisotopic (exact) mass is 716 g/mol. The van der Waals surface area contributed by atoms with Crippen molar-refractivity contribution in [3.05, 3.63) is 0 Å². The van der Waals surface area contributed by atoms with Gasteiger partial charge in [0.15, 0.2) is 0 Å². The molecule has 0 aliphatic rings. The van der Waals surface area contributed by atoms with Crippen LogP contribution in [0.2, 0.25) is 0 Å². The largest absolute Gasteiger partial charge is 0.460 e. The lowest BCUT2D eigenvalue weighted by Gasteiger charge is -2.43. The Bertz CT molecular complexity index is 735. The Morgan fingerprint density at radius 1 is 0.447 bits per heavy atom. The Morgan fingerprint density at radius 2 is 0.763 bits per heavy atom. The Labute approximate surface area is 218 Å². The van der Waals surface area contributed by atoms with E-state index in [-0.39, 0.29) is 13.0 Å². The van der Waals surface area contributed by atoms with Gasteiger partial charge in [0.05, 0.1) is 0 Å². The van der Waals surface area contributed by atoms with Gasteiger partial charge in [-0.3, -0.25) is 0 Å². The zero-order valence-corrected chi connectivity index (χ0v) is 21.1. The Kier molecular flexibility index (Phi) is 12.4. The van der Waals surface area contributed by atoms with E-state index < -0.39 is 64.4 Å². The molecule has 1 unspecified atom stereocenters. The van der Waals surface area contributed by atoms with Gasteiger partial charge >= 0.3 is 47.6 Å². The molecule has 0 spiro atoms. The van der Waals surface area contributed by atoms with Gasteiger partial charge in [0.2, 0.25) is 0 Å². The van der Waals surface area contributed by atoms with E-state index in [4.69, 9.17) is 5.11 Å². The van der Waals surface area contributed by atoms with Crippen molar-refractivity contribution in [2.75, 3.05) is 6.61 Å². The smallest absolute Gasteiger partial charge is 0.396 e. The van der Waals surface area contributed by atoms with Crippen LogP contribution in [0.1, 0.15) is 57.8 Å². The molecule has 0 aliphatic heterocycles. The summed E-state index contributed by atoms with van der Waals surface area (Å²) in [5.41, 5.74) is 0. The van der Waals surface area contributed by atoms with Crippen molar-refractivity contribution in [1.29, 1.82) is 0 Å². The molecule has 0 bridgehead atoms. The van der Waals surface area contributed by atoms with Crippen LogP contribution in [0.15, 0.2) is 0 Å². The molecule has 0 amide bonds. The van der Waals surface area contributed by atoms with Crippen LogP contribution in [0.3, 0.4) is 0 Å². The van der Waals surface area contributed by atoms with Crippen molar-refractivity contribution in [2.45, 2.75) is 109 Å². The lowest BCUT2D eigenvalue weighted by Crippen LogP contribution is -2.74. The van der Waals surface area contributed by atoms with Gasteiger partial charge in [-0.1, -0.05) is 61.1 Å². The molecule has 1 atom stereocenters. The first-order valence-electron chi connectivity index (χ1n) is 10.7. The predicted octanol–water partition coefficient (Wildman–Crippen LogP) is 9.30. The van der Waals surface area contributed by atoms with Crippen LogP contribution in [-0.2, 0) is 0 Å². The third kappa shape index (κ3) is 7.03. The molecule has 0 fully saturated rings. The summed E-state index contributed by atoms with van der Waals surface area (Å²) in [4.78, 5) is 0. The Hall–Kier alpha value is -0.500. The summed E-state index contributed by atoms with van der Waals surface area (Å²) in [6.45, 7) is -0.0412. The second-order valence-electron chi connectivity index (χ2n) is 8.44. The third-order valence-corrected chi connectivity index (χ3v) is 6.50. The minimum Gasteiger partial charge on any atom is -0.396 e. The SMILES string of the molecule is OCCCCCCCCCC(I)CC(F)(F)C(F)(F)C(F)(F)C(F)(F)C(F)(F)C(F)(F)C(F)(F)C(F)(F)F. The molecule has 0 aliphatic carbocycles. The number of hydrogen-bond acceptors (Lipinski definition) is 1. The summed E-state index contributed by atoms with van der Waals surface area (Å²) in [5, 5.41) is 8.60. The number of hydrogen-bond donors (Lipinski definition) is 1. The van der Waals surface area contributed by atoms with E-state index in [0.717, 1.165) is 22.6 Å². The topological polar surface area (TPSA) is 20.2 Å². The summed E-state index contributed by atoms with van der Waals surface area (Å²) >= 11 is 1.02. The van der Waals surface area contributed by atoms with Crippen molar-refractivity contribution in [3.8, 4) is 0 Å². The van der Waals surface area contributed by atoms with Crippen molar-refractivity contribution >= 4 is 22.6 Å². The second kappa shape index (κ2) is 12.6. The molecule has 0 aromatic heterocycles. The number of aliphatic hydroxyl groups is 1. The van der Waals surface area contributed by atoms with E-state index >= 15 is 0 Å². The second-order valence-corrected chi connectivity index (χ2v) is 10.2. The lowest BCUT2D eigenvalue weighted by molar-refractivity contribution is -0.461. The average molecular weight is 716 g/mol. The van der Waals surface area contributed by atoms with Gasteiger partial charge in [0.25, 0.3) is 0 Å². The van der Waals surface area contributed by atoms with E-state index in [0.29, 0.717) is 38.5 Å². The molecule has 1 N–H and O–H groups in total. The lowest BCUT2D eigenvalue weighted by atomic mass is 9.87. The summed E-state index contributed by atoms with van der Waals surface area (Å²) < 4.78 is 224. The van der Waals surface area contributed by atoms with E-state index in [2.05, 4.69) is 0 Å². The standard InChI is InChI=1S/C19H22F17IO/c20-12(21,10-11(37)8-6-4-2-1-3-5-7-9-38)13(22,23)14(24,25)15(26,27)16(28,29)17(30,31)18(32,33)19(34,35)36/h11,38H,1-10H2. The van der Waals surface area contributed by atoms with Crippen molar-refractivity contribution in [2.24, 2.45) is 0 Å². The highest BCUT2D eigenvalue weighted by molar-refractivity contribution is 14.1. The maximum Gasteiger partial charge on any atom is 0.460 e. The fraction of sp³-hybridized carbons (Fsp3) is 1.00. The molecular formula is C19H22F17IO. The minimum absolute atomic E-state index is 0.0264. The number of aliphatic hydroxyl groups excluding tert-OH is 1. The first-order valence-corrected chi connectivity index (χ1v) is 11.9. The van der Waals surface area contributed by atoms with Crippen LogP contribution < -0.4 is 0 Å². The average Bonchev–Trinajstić information content (AvgIpc) is 2.73. The van der Waals surface area contributed by atoms with Crippen molar-refractivity contribution < 1.29 is 79.7 Å². The highest BCUT2D eigenvalue weighted by Crippen LogP contribution is 2.64. The van der Waals surface area contributed by atoms with E-state index in [9.17, 15) is 74.6 Å². The van der Waals surface area contributed by atoms with E-state index in [1.807, 2.05) is 0 Å². The summed E-state index contributed by atoms with van der Waals surface area (Å²) in [7, 11) is 0. The van der Waals surface area contributed by atoms with Crippen LogP contribution >= 0.6 is 22.6 Å². The maximum atomic E-state index is 14.0. The zero-order chi connectivity index (χ0) is 30.6. The molecule has 230 valence electrons. The predicted molar refractivity (Wildman–Crippen MR) is 107 cm³/mol. The van der Waals surface area contributed by atoms with Crippen LogP contribution in [0.4, 0.5) is 74.6 Å². The first kappa shape index (κ1) is 37.5. The van der Waals surface area contributed by atoms with Gasteiger partial charge in [-0.15, -0.1) is 0 Å². The third-order valence-electron chi connectivity index (χ3n) is 5.44. The quantitative estimate of drug-likeness (QED) is 0.0689. The zero-order valence-electron chi connectivity index (χ0n) is 18.9. The molecule has 0 radical (unpaired) electrons. The number of unbranched alkanes of at least 4 members (excludes halogenated alkanes) is 6. The van der Waals surface area contributed by atoms with Gasteiger partial charge in [-0.2, -0.15) is 74.6 Å². The number of halogens is 18. The van der Waals surface area contributed by atoms with Gasteiger partial charge < -0.3 is 5.11 Å². The normalized spacial score (nSPS) is 16.2. The number of rotatable bonds is 17. The molecule has 1 nitrogen and oxygen atoms in total. The van der Waals surface area contributed by atoms with Gasteiger partial charge in [-0.05, 0) is 12.8 Å². The Morgan fingerprint density at radius 3 is 1.13 bits per heavy atom. The molecule has 38 heavy (non-hydrogen) atoms. The minimum atomic E-state index is -8.59. The summed E-state index contributed by atoms with van der Waals surface area (Å²) in [6.07, 6.45) is -7.22. The molecule has 0 saturated heterocycles. The van der Waals surface area contributed by atoms with Crippen LogP contribution in [0, 0.1) is 0 Å². The Balaban J connectivity index is 5.75. The molecule has 0 saturated carbocycles. The summed E-state index contributed by atoms with van der Waals surface area (Å²) in [6, 6.07) is 0. The highest BCUT2D eigenvalue weighted by Gasteiger charge is 2.95. The van der Waals surface area contributed by atoms with Crippen molar-refractivity contribution in [3.63, 3.8) is 0 Å². The summed E-state index contributed by atoms with van der Waals surface area (Å²) in [5.74, 6) is -55.9. The molecule has 0 aromatic rings. The molecular weight excluding hydrogens is 694 g/mol. The van der Waals surface area contributed by atoms with Gasteiger partial charge in [0.1, 0.15) is 0 Å². The molecule has 19 heteroatoms.